The van der Waals surface area contributed by atoms with Crippen molar-refractivity contribution in [2.75, 3.05) is 18.5 Å². The summed E-state index contributed by atoms with van der Waals surface area (Å²) in [5.74, 6) is -0.302. The molecule has 0 aliphatic heterocycles. The number of benzene rings is 2. The Morgan fingerprint density at radius 1 is 1.08 bits per heavy atom. The van der Waals surface area contributed by atoms with E-state index in [0.717, 1.165) is 16.1 Å². The third-order valence-corrected chi connectivity index (χ3v) is 4.94. The Kier molecular flexibility index (Phi) is 5.58. The first-order valence-corrected chi connectivity index (χ1v) is 8.87. The minimum Gasteiger partial charge on any atom is -0.314 e. The summed E-state index contributed by atoms with van der Waals surface area (Å²) in [5.41, 5.74) is 1.78. The van der Waals surface area contributed by atoms with Gasteiger partial charge in [-0.05, 0) is 41.3 Å². The molecule has 1 N–H and O–H groups in total. The van der Waals surface area contributed by atoms with Crippen LogP contribution in [0.3, 0.4) is 0 Å². The van der Waals surface area contributed by atoms with Crippen LogP contribution in [0, 0.1) is 5.82 Å². The summed E-state index contributed by atoms with van der Waals surface area (Å²) in [4.78, 5) is 15.2. The number of amides is 1. The van der Waals surface area contributed by atoms with E-state index in [1.165, 1.54) is 12.1 Å². The van der Waals surface area contributed by atoms with Crippen molar-refractivity contribution in [2.24, 2.45) is 0 Å². The van der Waals surface area contributed by atoms with Crippen LogP contribution in [0.5, 0.6) is 0 Å². The van der Waals surface area contributed by atoms with E-state index in [2.05, 4.69) is 5.32 Å². The smallest absolute Gasteiger partial charge is 0.240 e. The third-order valence-electron chi connectivity index (χ3n) is 4.01. The lowest BCUT2D eigenvalue weighted by Gasteiger charge is -2.21. The van der Waals surface area contributed by atoms with E-state index in [-0.39, 0.29) is 24.3 Å². The average molecular weight is 354 g/mol. The van der Waals surface area contributed by atoms with Crippen molar-refractivity contribution in [3.63, 3.8) is 0 Å². The van der Waals surface area contributed by atoms with Gasteiger partial charge in [-0.1, -0.05) is 36.4 Å². The maximum atomic E-state index is 13.2. The first kappa shape index (κ1) is 17.3. The molecular weight excluding hydrogens is 335 g/mol. The summed E-state index contributed by atoms with van der Waals surface area (Å²) in [6.07, 6.45) is 0. The van der Waals surface area contributed by atoms with Crippen molar-refractivity contribution in [3.8, 4) is 0 Å². The lowest BCUT2D eigenvalue weighted by atomic mass is 10.1. The number of para-hydroxylation sites is 1. The minimum atomic E-state index is -0.270. The van der Waals surface area contributed by atoms with Crippen molar-refractivity contribution in [1.82, 2.24) is 5.32 Å². The van der Waals surface area contributed by atoms with Crippen molar-refractivity contribution in [2.45, 2.75) is 6.04 Å². The van der Waals surface area contributed by atoms with Gasteiger partial charge in [0.15, 0.2) is 0 Å². The molecule has 0 aliphatic carbocycles. The first-order chi connectivity index (χ1) is 12.1. The molecule has 3 rings (SSSR count). The monoisotopic (exact) mass is 354 g/mol. The molecule has 0 bridgehead atoms. The predicted molar refractivity (Wildman–Crippen MR) is 100 cm³/mol. The summed E-state index contributed by atoms with van der Waals surface area (Å²) < 4.78 is 13.2. The number of carbonyl (C=O) groups is 1. The van der Waals surface area contributed by atoms with Gasteiger partial charge in [0, 0.05) is 17.6 Å². The minimum absolute atomic E-state index is 0.0325. The van der Waals surface area contributed by atoms with E-state index >= 15 is 0 Å². The molecule has 0 aliphatic rings. The van der Waals surface area contributed by atoms with Crippen LogP contribution in [0.1, 0.15) is 16.5 Å². The largest absolute Gasteiger partial charge is 0.314 e. The number of nitrogens with zero attached hydrogens (tertiary/aromatic N) is 1. The second kappa shape index (κ2) is 8.05. The fraction of sp³-hybridized carbons (Fsp3) is 0.150. The van der Waals surface area contributed by atoms with Crippen LogP contribution < -0.4 is 10.2 Å². The average Bonchev–Trinajstić information content (AvgIpc) is 3.17. The Morgan fingerprint density at radius 2 is 1.80 bits per heavy atom. The molecule has 25 heavy (non-hydrogen) atoms. The second-order valence-corrected chi connectivity index (χ2v) is 6.65. The Hall–Kier alpha value is -2.50. The van der Waals surface area contributed by atoms with Crippen molar-refractivity contribution in [1.29, 1.82) is 0 Å². The van der Waals surface area contributed by atoms with E-state index in [9.17, 15) is 9.18 Å². The summed E-state index contributed by atoms with van der Waals surface area (Å²) in [6.45, 7) is 0.186. The number of hydrogen-bond acceptors (Lipinski definition) is 3. The van der Waals surface area contributed by atoms with Crippen LogP contribution in [0.25, 0.3) is 0 Å². The highest BCUT2D eigenvalue weighted by Crippen LogP contribution is 2.26. The molecule has 0 spiro atoms. The van der Waals surface area contributed by atoms with Crippen LogP contribution in [-0.2, 0) is 4.79 Å². The Labute approximate surface area is 150 Å². The topological polar surface area (TPSA) is 32.3 Å². The molecule has 0 fully saturated rings. The molecule has 1 aromatic heterocycles. The van der Waals surface area contributed by atoms with Crippen LogP contribution >= 0.6 is 11.3 Å². The van der Waals surface area contributed by atoms with Gasteiger partial charge < -0.3 is 4.90 Å². The molecule has 3 aromatic rings. The fourth-order valence-corrected chi connectivity index (χ4v) is 3.42. The number of nitrogens with one attached hydrogen (secondary N) is 1. The quantitative estimate of drug-likeness (QED) is 0.718. The lowest BCUT2D eigenvalue weighted by molar-refractivity contribution is -0.117. The van der Waals surface area contributed by atoms with Gasteiger partial charge >= 0.3 is 0 Å². The highest BCUT2D eigenvalue weighted by molar-refractivity contribution is 7.10. The lowest BCUT2D eigenvalue weighted by Crippen LogP contribution is -2.37. The summed E-state index contributed by atoms with van der Waals surface area (Å²) in [6, 6.07) is 19.7. The summed E-state index contributed by atoms with van der Waals surface area (Å²) in [7, 11) is 1.76. The van der Waals surface area contributed by atoms with E-state index < -0.39 is 0 Å². The molecule has 5 heteroatoms. The number of anilines is 1. The van der Waals surface area contributed by atoms with Crippen LogP contribution in [0.4, 0.5) is 10.1 Å². The van der Waals surface area contributed by atoms with Gasteiger partial charge in [0.2, 0.25) is 5.91 Å². The van der Waals surface area contributed by atoms with Gasteiger partial charge in [0.1, 0.15) is 5.82 Å². The molecule has 0 saturated heterocycles. The normalized spacial score (nSPS) is 11.9. The zero-order valence-corrected chi connectivity index (χ0v) is 14.7. The van der Waals surface area contributed by atoms with Gasteiger partial charge in [-0.3, -0.25) is 10.1 Å². The zero-order valence-electron chi connectivity index (χ0n) is 13.9. The van der Waals surface area contributed by atoms with Crippen molar-refractivity contribution >= 4 is 22.9 Å². The number of likely N-dealkylation sites (N-methyl/N-ethyl adjacent to an activating group) is 1. The van der Waals surface area contributed by atoms with Gasteiger partial charge in [-0.15, -0.1) is 11.3 Å². The molecule has 2 aromatic carbocycles. The summed E-state index contributed by atoms with van der Waals surface area (Å²) in [5, 5.41) is 5.30. The second-order valence-electron chi connectivity index (χ2n) is 5.67. The molecule has 0 saturated carbocycles. The number of hydrogen-bond donors (Lipinski definition) is 1. The molecule has 3 nitrogen and oxygen atoms in total. The molecule has 0 radical (unpaired) electrons. The zero-order chi connectivity index (χ0) is 17.6. The van der Waals surface area contributed by atoms with Crippen molar-refractivity contribution < 1.29 is 9.18 Å². The Bertz CT molecular complexity index is 803. The third kappa shape index (κ3) is 4.32. The highest BCUT2D eigenvalue weighted by Gasteiger charge is 2.18. The SMILES string of the molecule is CN(C(=O)CNC(c1ccc(F)cc1)c1cccs1)c1ccccc1. The molecule has 128 valence electrons. The molecule has 1 atom stereocenters. The van der Waals surface area contributed by atoms with E-state index in [1.807, 2.05) is 47.8 Å². The molecular formula is C20H19FN2OS. The molecule has 1 unspecified atom stereocenters. The van der Waals surface area contributed by atoms with E-state index in [4.69, 9.17) is 0 Å². The van der Waals surface area contributed by atoms with Crippen molar-refractivity contribution in [3.05, 3.63) is 88.4 Å². The number of rotatable bonds is 6. The fourth-order valence-electron chi connectivity index (χ4n) is 2.60. The van der Waals surface area contributed by atoms with Gasteiger partial charge in [-0.2, -0.15) is 0 Å². The number of halogens is 1. The molecule has 1 heterocycles. The Balaban J connectivity index is 1.73. The van der Waals surface area contributed by atoms with Gasteiger partial charge in [0.05, 0.1) is 12.6 Å². The van der Waals surface area contributed by atoms with Crippen LogP contribution in [0.15, 0.2) is 72.1 Å². The van der Waals surface area contributed by atoms with Gasteiger partial charge in [-0.25, -0.2) is 4.39 Å². The van der Waals surface area contributed by atoms with Crippen LogP contribution in [-0.4, -0.2) is 19.5 Å². The standard InChI is InChI=1S/C20H19FN2OS/c1-23(17-6-3-2-4-7-17)19(24)14-22-20(18-8-5-13-25-18)15-9-11-16(21)12-10-15/h2-13,20,22H,14H2,1H3. The van der Waals surface area contributed by atoms with E-state index in [1.54, 1.807) is 35.4 Å². The maximum absolute atomic E-state index is 13.2. The van der Waals surface area contributed by atoms with Crippen LogP contribution in [0.2, 0.25) is 0 Å². The number of carbonyl (C=O) groups excluding carboxylic acids is 1. The highest BCUT2D eigenvalue weighted by atomic mass is 32.1. The first-order valence-electron chi connectivity index (χ1n) is 7.99. The number of thiophene rings is 1. The summed E-state index contributed by atoms with van der Waals surface area (Å²) >= 11 is 1.61. The molecule has 1 amide bonds. The maximum Gasteiger partial charge on any atom is 0.240 e. The van der Waals surface area contributed by atoms with Gasteiger partial charge in [0.25, 0.3) is 0 Å². The Morgan fingerprint density at radius 3 is 2.44 bits per heavy atom. The van der Waals surface area contributed by atoms with E-state index in [0.29, 0.717) is 0 Å². The predicted octanol–water partition coefficient (Wildman–Crippen LogP) is 4.23.